The largest absolute Gasteiger partial charge is 2.00 e. The van der Waals surface area contributed by atoms with Gasteiger partial charge >= 0.3 is 39.0 Å². The minimum atomic E-state index is -0.448. The third-order valence-electron chi connectivity index (χ3n) is 9.44. The third kappa shape index (κ3) is 12.0. The summed E-state index contributed by atoms with van der Waals surface area (Å²) < 4.78 is 0. The molecule has 306 valence electrons. The summed E-state index contributed by atoms with van der Waals surface area (Å²) in [4.78, 5) is 18.7. The molecule has 0 amide bonds. The molecule has 62 heavy (non-hydrogen) atoms. The molecule has 0 fully saturated rings. The number of para-hydroxylation sites is 2. The Hall–Kier alpha value is -4.39. The van der Waals surface area contributed by atoms with Crippen molar-refractivity contribution in [2.75, 3.05) is 0 Å². The van der Waals surface area contributed by atoms with E-state index in [1.807, 2.05) is 77.9 Å². The van der Waals surface area contributed by atoms with Gasteiger partial charge in [0.15, 0.2) is 0 Å². The Labute approximate surface area is 407 Å². The van der Waals surface area contributed by atoms with E-state index in [4.69, 9.17) is 46.4 Å². The zero-order chi connectivity index (χ0) is 43.5. The van der Waals surface area contributed by atoms with Crippen LogP contribution >= 0.6 is 46.4 Å². The van der Waals surface area contributed by atoms with Crippen LogP contribution in [0.5, 0.6) is 23.0 Å². The molecule has 0 bridgehead atoms. The van der Waals surface area contributed by atoms with Crippen molar-refractivity contribution in [3.8, 4) is 34.1 Å². The molecule has 6 aromatic rings. The van der Waals surface area contributed by atoms with E-state index in [9.17, 15) is 20.4 Å². The summed E-state index contributed by atoms with van der Waals surface area (Å²) in [5.74, 6) is -1.16. The number of halogens is 4. The molecule has 0 N–H and O–H groups in total. The molecule has 0 radical (unpaired) electrons. The number of rotatable bonds is 9. The second-order valence-corrected chi connectivity index (χ2v) is 17.7. The fraction of sp³-hybridized carbons (Fsp3) is 0.167. The van der Waals surface area contributed by atoms with Gasteiger partial charge in [0.25, 0.3) is 0 Å². The first-order valence-electron chi connectivity index (χ1n) is 18.7. The number of hydrogen-bond acceptors (Lipinski definition) is 8. The molecular weight excluding hydrogens is 969 g/mol. The third-order valence-corrected chi connectivity index (χ3v) is 10.4. The van der Waals surface area contributed by atoms with Gasteiger partial charge in [-0.25, -0.2) is 0 Å². The Morgan fingerprint density at radius 2 is 0.742 bits per heavy atom. The van der Waals surface area contributed by atoms with Crippen LogP contribution in [0.3, 0.4) is 0 Å². The molecule has 14 heteroatoms. The zero-order valence-electron chi connectivity index (χ0n) is 34.9. The second-order valence-electron chi connectivity index (χ2n) is 16.0. The van der Waals surface area contributed by atoms with Gasteiger partial charge in [-0.05, 0) is 104 Å². The predicted molar refractivity (Wildman–Crippen MR) is 242 cm³/mol. The van der Waals surface area contributed by atoms with Gasteiger partial charge < -0.3 is 20.4 Å². The van der Waals surface area contributed by atoms with E-state index in [-0.39, 0.29) is 92.5 Å². The summed E-state index contributed by atoms with van der Waals surface area (Å²) in [6.07, 6.45) is 5.72. The Kier molecular flexibility index (Phi) is 16.9. The molecule has 0 saturated heterocycles. The van der Waals surface area contributed by atoms with Crippen molar-refractivity contribution in [1.29, 1.82) is 0 Å². The standard InChI is InChI=1S/C48H42Cl4N4O4.2Zn/c1-47(2,3)35-11-7-9-29(43(35)57)23-53-39-15-13-27(19-41(39)55-25-31-17-33(49)21-37(51)45(31)59)28-14-16-40(54-24-30-10-8-12-36(44(30)58)48(4,5)6)42(20-28)56-26-32-18-34(50)22-38(52)46(32)60;;/h7-26,57-60H,1-6H3;;/q;2*+2/p-4. The Morgan fingerprint density at radius 3 is 1.10 bits per heavy atom. The van der Waals surface area contributed by atoms with Crippen LogP contribution in [0.2, 0.25) is 20.1 Å². The van der Waals surface area contributed by atoms with Crippen LogP contribution in [-0.2, 0) is 49.8 Å². The molecule has 0 aliphatic rings. The zero-order valence-corrected chi connectivity index (χ0v) is 43.9. The van der Waals surface area contributed by atoms with E-state index in [1.165, 1.54) is 49.1 Å². The van der Waals surface area contributed by atoms with Crippen molar-refractivity contribution in [2.24, 2.45) is 20.0 Å². The van der Waals surface area contributed by atoms with Crippen LogP contribution in [0, 0.1) is 0 Å². The van der Waals surface area contributed by atoms with Gasteiger partial charge in [0.1, 0.15) is 0 Å². The summed E-state index contributed by atoms with van der Waals surface area (Å²) in [6.45, 7) is 11.8. The molecule has 0 spiro atoms. The first-order valence-corrected chi connectivity index (χ1v) is 20.2. The van der Waals surface area contributed by atoms with Gasteiger partial charge in [-0.1, -0.05) is 159 Å². The van der Waals surface area contributed by atoms with Crippen LogP contribution in [0.1, 0.15) is 74.9 Å². The maximum atomic E-state index is 13.4. The van der Waals surface area contributed by atoms with Crippen LogP contribution in [0.25, 0.3) is 11.1 Å². The molecule has 6 aromatic carbocycles. The summed E-state index contributed by atoms with van der Waals surface area (Å²) in [6, 6.07) is 27.0. The maximum absolute atomic E-state index is 13.4. The molecule has 0 heterocycles. The monoisotopic (exact) mass is 1000 g/mol. The van der Waals surface area contributed by atoms with E-state index < -0.39 is 11.5 Å². The molecule has 0 unspecified atom stereocenters. The Balaban J connectivity index is 0.00000422. The number of nitrogens with zero attached hydrogens (tertiary/aromatic N) is 4. The quantitative estimate of drug-likeness (QED) is 0.105. The van der Waals surface area contributed by atoms with Gasteiger partial charge in [-0.15, -0.1) is 0 Å². The Bertz CT molecular complexity index is 2560. The van der Waals surface area contributed by atoms with Crippen molar-refractivity contribution >= 4 is 94.0 Å². The molecule has 0 saturated carbocycles. The molecule has 0 aliphatic heterocycles. The van der Waals surface area contributed by atoms with Crippen molar-refractivity contribution in [3.63, 3.8) is 0 Å². The van der Waals surface area contributed by atoms with E-state index >= 15 is 0 Å². The fourth-order valence-electron chi connectivity index (χ4n) is 6.23. The second kappa shape index (κ2) is 20.9. The van der Waals surface area contributed by atoms with E-state index in [0.29, 0.717) is 56.1 Å². The summed E-state index contributed by atoms with van der Waals surface area (Å²) in [5, 5.41) is 52.9. The first-order chi connectivity index (χ1) is 28.3. The summed E-state index contributed by atoms with van der Waals surface area (Å²) in [5.41, 5.74) is 4.59. The minimum absolute atomic E-state index is 0. The van der Waals surface area contributed by atoms with Crippen molar-refractivity contribution < 1.29 is 59.4 Å². The minimum Gasteiger partial charge on any atom is -0.872 e. The number of hydrogen-bond donors (Lipinski definition) is 0. The van der Waals surface area contributed by atoms with E-state index in [0.717, 1.165) is 0 Å². The van der Waals surface area contributed by atoms with Gasteiger partial charge in [-0.2, -0.15) is 0 Å². The predicted octanol–water partition coefficient (Wildman–Crippen LogP) is 11.9. The first kappa shape index (κ1) is 50.3. The summed E-state index contributed by atoms with van der Waals surface area (Å²) in [7, 11) is 0. The van der Waals surface area contributed by atoms with Gasteiger partial charge in [0.2, 0.25) is 0 Å². The van der Waals surface area contributed by atoms with Gasteiger partial charge in [0.05, 0.1) is 22.7 Å². The molecule has 0 atom stereocenters. The maximum Gasteiger partial charge on any atom is 2.00 e. The van der Waals surface area contributed by atoms with Crippen molar-refractivity contribution in [2.45, 2.75) is 52.4 Å². The summed E-state index contributed by atoms with van der Waals surface area (Å²) >= 11 is 24.7. The molecule has 6 rings (SSSR count). The van der Waals surface area contributed by atoms with Crippen LogP contribution < -0.4 is 20.4 Å². The van der Waals surface area contributed by atoms with Crippen LogP contribution in [-0.4, -0.2) is 24.9 Å². The normalized spacial score (nSPS) is 12.1. The molecule has 0 aliphatic carbocycles. The van der Waals surface area contributed by atoms with Gasteiger partial charge in [-0.3, -0.25) is 20.0 Å². The molecular formula is C48H38Cl4N4O4Zn2. The average Bonchev–Trinajstić information content (AvgIpc) is 3.18. The van der Waals surface area contributed by atoms with Gasteiger partial charge in [0, 0.05) is 44.9 Å². The van der Waals surface area contributed by atoms with Crippen molar-refractivity contribution in [3.05, 3.63) is 151 Å². The number of benzene rings is 6. The fourth-order valence-corrected chi connectivity index (χ4v) is 7.25. The topological polar surface area (TPSA) is 142 Å². The Morgan fingerprint density at radius 1 is 0.403 bits per heavy atom. The van der Waals surface area contributed by atoms with Crippen molar-refractivity contribution in [1.82, 2.24) is 0 Å². The SMILES string of the molecule is CC(C)(C)c1cccc(C=Nc2ccc(-c3ccc(N=Cc4cccc(C(C)(C)C)c4[O-])c(N=Cc4cc(Cl)cc(Cl)c4[O-])c3)cc2N=Cc2cc(Cl)cc(Cl)c2[O-])c1[O-].[Zn+2].[Zn+2]. The van der Waals surface area contributed by atoms with E-state index in [1.54, 1.807) is 36.4 Å². The molecule has 8 nitrogen and oxygen atoms in total. The number of aliphatic imine (C=N–C) groups is 4. The average molecular weight is 1010 g/mol. The van der Waals surface area contributed by atoms with Crippen LogP contribution in [0.15, 0.2) is 117 Å². The molecule has 0 aromatic heterocycles. The smallest absolute Gasteiger partial charge is 0.872 e. The van der Waals surface area contributed by atoms with E-state index in [2.05, 4.69) is 20.0 Å². The van der Waals surface area contributed by atoms with Crippen LogP contribution in [0.4, 0.5) is 22.7 Å².